The summed E-state index contributed by atoms with van der Waals surface area (Å²) in [6.07, 6.45) is 1.06. The fraction of sp³-hybridized carbons (Fsp3) is 0.259. The third-order valence-electron chi connectivity index (χ3n) is 6.62. The normalized spacial score (nSPS) is 13.9. The van der Waals surface area contributed by atoms with Gasteiger partial charge >= 0.3 is 6.01 Å². The average Bonchev–Trinajstić information content (AvgIpc) is 3.32. The van der Waals surface area contributed by atoms with Gasteiger partial charge in [-0.05, 0) is 60.0 Å². The highest BCUT2D eigenvalue weighted by Crippen LogP contribution is 2.27. The summed E-state index contributed by atoms with van der Waals surface area (Å²) in [4.78, 5) is 9.34. The molecule has 6 rings (SSSR count). The second-order valence-corrected chi connectivity index (χ2v) is 9.23. The first kappa shape index (κ1) is 21.5. The maximum absolute atomic E-state index is 6.03. The molecule has 178 valence electrons. The van der Waals surface area contributed by atoms with E-state index in [0.29, 0.717) is 24.2 Å². The molecule has 0 amide bonds. The maximum atomic E-state index is 6.03. The average molecular weight is 469 g/mol. The zero-order chi connectivity index (χ0) is 23.9. The minimum Gasteiger partial charge on any atom is -0.426 e. The summed E-state index contributed by atoms with van der Waals surface area (Å²) in [5.41, 5.74) is 13.0. The molecule has 2 aromatic heterocycles. The smallest absolute Gasteiger partial charge is 0.302 e. The van der Waals surface area contributed by atoms with E-state index < -0.39 is 0 Å². The lowest BCUT2D eigenvalue weighted by Crippen LogP contribution is -2.29. The van der Waals surface area contributed by atoms with E-state index in [1.807, 2.05) is 54.1 Å². The number of fused-ring (bicyclic) bond motifs is 2. The molecule has 0 aliphatic carbocycles. The topological polar surface area (TPSA) is 92.2 Å². The largest absolute Gasteiger partial charge is 0.426 e. The first-order valence-electron chi connectivity index (χ1n) is 11.8. The van der Waals surface area contributed by atoms with Crippen molar-refractivity contribution in [1.29, 1.82) is 0 Å². The minimum atomic E-state index is 0.528. The fourth-order valence-electron chi connectivity index (χ4n) is 4.49. The molecule has 0 unspecified atom stereocenters. The molecular weight excluding hydrogens is 440 g/mol. The van der Waals surface area contributed by atoms with E-state index in [4.69, 9.17) is 20.2 Å². The predicted molar refractivity (Wildman–Crippen MR) is 138 cm³/mol. The minimum absolute atomic E-state index is 0.528. The maximum Gasteiger partial charge on any atom is 0.302 e. The zero-order valence-electron chi connectivity index (χ0n) is 19.9. The van der Waals surface area contributed by atoms with E-state index in [0.717, 1.165) is 59.0 Å². The molecule has 3 N–H and O–H groups in total. The molecule has 1 fully saturated rings. The third kappa shape index (κ3) is 4.17. The van der Waals surface area contributed by atoms with Crippen LogP contribution in [0.2, 0.25) is 0 Å². The molecule has 0 radical (unpaired) electrons. The molecule has 1 aliphatic rings. The second-order valence-electron chi connectivity index (χ2n) is 9.23. The zero-order valence-corrected chi connectivity index (χ0v) is 19.9. The summed E-state index contributed by atoms with van der Waals surface area (Å²) >= 11 is 0. The molecule has 35 heavy (non-hydrogen) atoms. The van der Waals surface area contributed by atoms with Gasteiger partial charge in [-0.15, -0.1) is 0 Å². The van der Waals surface area contributed by atoms with Gasteiger partial charge in [-0.25, -0.2) is 4.98 Å². The van der Waals surface area contributed by atoms with Gasteiger partial charge in [-0.2, -0.15) is 4.98 Å². The number of aromatic nitrogens is 4. The lowest BCUT2D eigenvalue weighted by atomic mass is 9.98. The molecule has 5 aromatic rings. The van der Waals surface area contributed by atoms with Crippen molar-refractivity contribution in [1.82, 2.24) is 19.1 Å². The summed E-state index contributed by atoms with van der Waals surface area (Å²) < 4.78 is 15.4. The van der Waals surface area contributed by atoms with Gasteiger partial charge in [-0.1, -0.05) is 18.2 Å². The van der Waals surface area contributed by atoms with Crippen molar-refractivity contribution in [3.8, 4) is 11.8 Å². The molecule has 0 spiro atoms. The SMILES string of the molecule is Cn1c(NCc2ccc(Oc3nc4ccc(N)cc4n3C)cc2)nc2ccc(CC3COC3)cc21. The first-order valence-corrected chi connectivity index (χ1v) is 11.8. The van der Waals surface area contributed by atoms with Crippen molar-refractivity contribution >= 4 is 33.7 Å². The van der Waals surface area contributed by atoms with Crippen LogP contribution in [0.15, 0.2) is 60.7 Å². The number of nitrogens with zero attached hydrogens (tertiary/aromatic N) is 4. The Labute approximate surface area is 203 Å². The van der Waals surface area contributed by atoms with Crippen molar-refractivity contribution in [2.24, 2.45) is 20.0 Å². The van der Waals surface area contributed by atoms with Gasteiger partial charge in [0.2, 0.25) is 5.95 Å². The number of hydrogen-bond donors (Lipinski definition) is 2. The van der Waals surface area contributed by atoms with Gasteiger partial charge < -0.3 is 25.1 Å². The van der Waals surface area contributed by atoms with E-state index >= 15 is 0 Å². The van der Waals surface area contributed by atoms with E-state index in [9.17, 15) is 0 Å². The number of rotatable bonds is 7. The number of ether oxygens (including phenoxy) is 2. The van der Waals surface area contributed by atoms with Crippen LogP contribution >= 0.6 is 0 Å². The van der Waals surface area contributed by atoms with Gasteiger partial charge in [0, 0.05) is 32.2 Å². The summed E-state index contributed by atoms with van der Waals surface area (Å²) in [6, 6.07) is 20.7. The van der Waals surface area contributed by atoms with Crippen molar-refractivity contribution in [2.45, 2.75) is 13.0 Å². The molecule has 3 aromatic carbocycles. The number of imidazole rings is 2. The third-order valence-corrected chi connectivity index (χ3v) is 6.62. The summed E-state index contributed by atoms with van der Waals surface area (Å²) in [5, 5.41) is 3.47. The Morgan fingerprint density at radius 1 is 0.914 bits per heavy atom. The Kier molecular flexibility index (Phi) is 5.30. The second kappa shape index (κ2) is 8.63. The Balaban J connectivity index is 1.13. The Hall–Kier alpha value is -4.04. The standard InChI is InChI=1S/C27H28N6O2/c1-32-24-12-18(11-19-15-34-16-19)5-9-22(24)30-26(32)29-14-17-3-7-21(8-4-17)35-27-31-23-10-6-20(28)13-25(23)33(27)2/h3-10,12-13,19H,11,14-16,28H2,1-2H3,(H,29,30). The van der Waals surface area contributed by atoms with Gasteiger partial charge in [0.25, 0.3) is 0 Å². The summed E-state index contributed by atoms with van der Waals surface area (Å²) in [6.45, 7) is 2.40. The van der Waals surface area contributed by atoms with Gasteiger partial charge in [0.1, 0.15) is 5.75 Å². The highest BCUT2D eigenvalue weighted by atomic mass is 16.5. The van der Waals surface area contributed by atoms with Crippen molar-refractivity contribution in [2.75, 3.05) is 24.3 Å². The van der Waals surface area contributed by atoms with E-state index in [2.05, 4.69) is 40.1 Å². The summed E-state index contributed by atoms with van der Waals surface area (Å²) in [5.74, 6) is 2.22. The number of benzene rings is 3. The van der Waals surface area contributed by atoms with Gasteiger partial charge in [0.05, 0.1) is 35.3 Å². The monoisotopic (exact) mass is 468 g/mol. The van der Waals surface area contributed by atoms with Crippen LogP contribution in [0.25, 0.3) is 22.1 Å². The van der Waals surface area contributed by atoms with Crippen molar-refractivity contribution < 1.29 is 9.47 Å². The van der Waals surface area contributed by atoms with Crippen LogP contribution in [-0.4, -0.2) is 32.3 Å². The number of nitrogen functional groups attached to an aromatic ring is 1. The summed E-state index contributed by atoms with van der Waals surface area (Å²) in [7, 11) is 3.97. The lowest BCUT2D eigenvalue weighted by Gasteiger charge is -2.25. The molecule has 8 heteroatoms. The fourth-order valence-corrected chi connectivity index (χ4v) is 4.49. The Morgan fingerprint density at radius 2 is 1.63 bits per heavy atom. The molecule has 3 heterocycles. The predicted octanol–water partition coefficient (Wildman–Crippen LogP) is 4.64. The van der Waals surface area contributed by atoms with E-state index in [1.165, 1.54) is 5.56 Å². The van der Waals surface area contributed by atoms with Crippen LogP contribution in [0.1, 0.15) is 11.1 Å². The number of aryl methyl sites for hydroxylation is 2. The van der Waals surface area contributed by atoms with Crippen molar-refractivity contribution in [3.05, 3.63) is 71.8 Å². The van der Waals surface area contributed by atoms with Crippen LogP contribution in [0.4, 0.5) is 11.6 Å². The first-order chi connectivity index (χ1) is 17.0. The van der Waals surface area contributed by atoms with Gasteiger partial charge in [0.15, 0.2) is 0 Å². The molecule has 1 saturated heterocycles. The van der Waals surface area contributed by atoms with Crippen LogP contribution in [0, 0.1) is 5.92 Å². The highest BCUT2D eigenvalue weighted by Gasteiger charge is 2.19. The van der Waals surface area contributed by atoms with E-state index in [1.54, 1.807) is 0 Å². The lowest BCUT2D eigenvalue weighted by molar-refractivity contribution is -0.0312. The Morgan fingerprint density at radius 3 is 2.40 bits per heavy atom. The molecule has 8 nitrogen and oxygen atoms in total. The van der Waals surface area contributed by atoms with E-state index in [-0.39, 0.29) is 0 Å². The molecule has 0 saturated carbocycles. The number of nitrogens with one attached hydrogen (secondary N) is 1. The van der Waals surface area contributed by atoms with Crippen LogP contribution in [0.5, 0.6) is 11.8 Å². The molecular formula is C27H28N6O2. The Bertz CT molecular complexity index is 1510. The van der Waals surface area contributed by atoms with Crippen LogP contribution < -0.4 is 15.8 Å². The van der Waals surface area contributed by atoms with Crippen LogP contribution in [0.3, 0.4) is 0 Å². The molecule has 0 atom stereocenters. The molecule has 0 bridgehead atoms. The van der Waals surface area contributed by atoms with Gasteiger partial charge in [-0.3, -0.25) is 4.57 Å². The number of nitrogens with two attached hydrogens (primary N) is 1. The van der Waals surface area contributed by atoms with Crippen molar-refractivity contribution in [3.63, 3.8) is 0 Å². The quantitative estimate of drug-likeness (QED) is 0.338. The number of anilines is 2. The number of hydrogen-bond acceptors (Lipinski definition) is 6. The highest BCUT2D eigenvalue weighted by molar-refractivity contribution is 5.80. The molecule has 1 aliphatic heterocycles. The van der Waals surface area contributed by atoms with Crippen LogP contribution in [-0.2, 0) is 31.8 Å².